The monoisotopic (exact) mass is 314 g/mol. The van der Waals surface area contributed by atoms with Gasteiger partial charge in [0.05, 0.1) is 19.8 Å². The van der Waals surface area contributed by atoms with E-state index in [0.29, 0.717) is 6.54 Å². The molecule has 7 nitrogen and oxygen atoms in total. The minimum Gasteiger partial charge on any atom is -0.495 e. The van der Waals surface area contributed by atoms with Crippen molar-refractivity contribution in [1.29, 1.82) is 0 Å². The molecule has 0 bridgehead atoms. The van der Waals surface area contributed by atoms with E-state index in [0.717, 1.165) is 13.0 Å². The average Bonchev–Trinajstić information content (AvgIpc) is 2.97. The zero-order chi connectivity index (χ0) is 15.5. The number of esters is 1. The standard InChI is InChI=1S/C13H18N2O5S/c1-19-11-7-9(13(16)20-2)3-4-12(11)21(17,18)15-10-5-6-14-8-10/h3-4,7,10,14-15H,5-6,8H2,1-2H3. The van der Waals surface area contributed by atoms with Gasteiger partial charge in [0.2, 0.25) is 10.0 Å². The van der Waals surface area contributed by atoms with Gasteiger partial charge in [-0.2, -0.15) is 0 Å². The maximum Gasteiger partial charge on any atom is 0.337 e. The number of carbonyl (C=O) groups is 1. The van der Waals surface area contributed by atoms with Crippen molar-refractivity contribution >= 4 is 16.0 Å². The van der Waals surface area contributed by atoms with Gasteiger partial charge in [0.15, 0.2) is 0 Å². The molecule has 2 N–H and O–H groups in total. The number of sulfonamides is 1. The summed E-state index contributed by atoms with van der Waals surface area (Å²) in [6, 6.07) is 3.96. The summed E-state index contributed by atoms with van der Waals surface area (Å²) in [7, 11) is -1.09. The molecule has 0 radical (unpaired) electrons. The van der Waals surface area contributed by atoms with Crippen LogP contribution in [0.15, 0.2) is 23.1 Å². The minimum absolute atomic E-state index is 0.00422. The normalized spacial score (nSPS) is 18.5. The van der Waals surface area contributed by atoms with Gasteiger partial charge in [-0.1, -0.05) is 0 Å². The summed E-state index contributed by atoms with van der Waals surface area (Å²) in [6.45, 7) is 1.38. The summed E-state index contributed by atoms with van der Waals surface area (Å²) in [5, 5.41) is 3.09. The van der Waals surface area contributed by atoms with Crippen LogP contribution in [0.1, 0.15) is 16.8 Å². The molecule has 1 saturated heterocycles. The summed E-state index contributed by atoms with van der Waals surface area (Å²) in [5.41, 5.74) is 0.232. The second-order valence-electron chi connectivity index (χ2n) is 4.67. The predicted molar refractivity (Wildman–Crippen MR) is 75.9 cm³/mol. The number of hydrogen-bond donors (Lipinski definition) is 2. The Morgan fingerprint density at radius 2 is 2.14 bits per heavy atom. The van der Waals surface area contributed by atoms with Gasteiger partial charge in [-0.25, -0.2) is 17.9 Å². The summed E-state index contributed by atoms with van der Waals surface area (Å²) < 4.78 is 37.1. The fourth-order valence-corrected chi connectivity index (χ4v) is 3.59. The van der Waals surface area contributed by atoms with E-state index in [2.05, 4.69) is 14.8 Å². The number of ether oxygens (including phenoxy) is 2. The van der Waals surface area contributed by atoms with Gasteiger partial charge in [-0.05, 0) is 31.2 Å². The average molecular weight is 314 g/mol. The van der Waals surface area contributed by atoms with Crippen LogP contribution in [0.5, 0.6) is 5.75 Å². The third kappa shape index (κ3) is 3.52. The SMILES string of the molecule is COC(=O)c1ccc(S(=O)(=O)NC2CCNC2)c(OC)c1. The molecule has 2 rings (SSSR count). The van der Waals surface area contributed by atoms with E-state index >= 15 is 0 Å². The van der Waals surface area contributed by atoms with Crippen molar-refractivity contribution in [3.8, 4) is 5.75 Å². The highest BCUT2D eigenvalue weighted by Crippen LogP contribution is 2.25. The van der Waals surface area contributed by atoms with E-state index in [4.69, 9.17) is 4.74 Å². The number of nitrogens with one attached hydrogen (secondary N) is 2. The van der Waals surface area contributed by atoms with Crippen molar-refractivity contribution in [2.24, 2.45) is 0 Å². The lowest BCUT2D eigenvalue weighted by Crippen LogP contribution is -2.36. The zero-order valence-electron chi connectivity index (χ0n) is 11.9. The summed E-state index contributed by atoms with van der Waals surface area (Å²) in [5.74, 6) is -0.443. The van der Waals surface area contributed by atoms with Crippen molar-refractivity contribution in [3.05, 3.63) is 23.8 Å². The van der Waals surface area contributed by atoms with Crippen LogP contribution >= 0.6 is 0 Å². The van der Waals surface area contributed by atoms with Gasteiger partial charge >= 0.3 is 5.97 Å². The van der Waals surface area contributed by atoms with Crippen LogP contribution in [0.25, 0.3) is 0 Å². The lowest BCUT2D eigenvalue weighted by atomic mass is 10.2. The Kier molecular flexibility index (Phi) is 4.81. The van der Waals surface area contributed by atoms with Gasteiger partial charge in [0, 0.05) is 12.6 Å². The molecule has 21 heavy (non-hydrogen) atoms. The molecule has 1 aliphatic rings. The van der Waals surface area contributed by atoms with Crippen LogP contribution < -0.4 is 14.8 Å². The Hall–Kier alpha value is -1.64. The molecular formula is C13H18N2O5S. The van der Waals surface area contributed by atoms with Crippen molar-refractivity contribution in [1.82, 2.24) is 10.0 Å². The topological polar surface area (TPSA) is 93.7 Å². The first-order valence-corrected chi connectivity index (χ1v) is 7.95. The van der Waals surface area contributed by atoms with E-state index in [1.54, 1.807) is 0 Å². The lowest BCUT2D eigenvalue weighted by Gasteiger charge is -2.15. The van der Waals surface area contributed by atoms with E-state index < -0.39 is 16.0 Å². The Balaban J connectivity index is 2.31. The third-order valence-corrected chi connectivity index (χ3v) is 4.82. The summed E-state index contributed by atoms with van der Waals surface area (Å²) in [6.07, 6.45) is 0.738. The minimum atomic E-state index is -3.70. The molecule has 0 aliphatic carbocycles. The van der Waals surface area contributed by atoms with Crippen LogP contribution in [0, 0.1) is 0 Å². The number of methoxy groups -OCH3 is 2. The van der Waals surface area contributed by atoms with Crippen molar-refractivity contribution in [2.45, 2.75) is 17.4 Å². The maximum absolute atomic E-state index is 12.4. The Labute approximate surface area is 123 Å². The number of rotatable bonds is 5. The van der Waals surface area contributed by atoms with Crippen LogP contribution in [0.2, 0.25) is 0 Å². The molecule has 1 aliphatic heterocycles. The molecule has 8 heteroatoms. The molecular weight excluding hydrogens is 296 g/mol. The number of benzene rings is 1. The second kappa shape index (κ2) is 6.42. The van der Waals surface area contributed by atoms with E-state index in [9.17, 15) is 13.2 Å². The highest BCUT2D eigenvalue weighted by molar-refractivity contribution is 7.89. The molecule has 1 atom stereocenters. The molecule has 0 saturated carbocycles. The molecule has 1 heterocycles. The molecule has 1 aromatic rings. The van der Waals surface area contributed by atoms with E-state index in [-0.39, 0.29) is 22.3 Å². The molecule has 116 valence electrons. The first kappa shape index (κ1) is 15.7. The molecule has 1 aromatic carbocycles. The Morgan fingerprint density at radius 3 is 2.71 bits per heavy atom. The summed E-state index contributed by atoms with van der Waals surface area (Å²) in [4.78, 5) is 11.5. The number of hydrogen-bond acceptors (Lipinski definition) is 6. The smallest absolute Gasteiger partial charge is 0.337 e. The van der Waals surface area contributed by atoms with Gasteiger partial charge in [-0.15, -0.1) is 0 Å². The second-order valence-corrected chi connectivity index (χ2v) is 6.35. The van der Waals surface area contributed by atoms with E-state index in [1.807, 2.05) is 0 Å². The van der Waals surface area contributed by atoms with Crippen LogP contribution in [-0.4, -0.2) is 47.7 Å². The van der Waals surface area contributed by atoms with Crippen LogP contribution in [0.4, 0.5) is 0 Å². The maximum atomic E-state index is 12.4. The van der Waals surface area contributed by atoms with Gasteiger partial charge in [0.25, 0.3) is 0 Å². The van der Waals surface area contributed by atoms with Gasteiger partial charge in [0.1, 0.15) is 10.6 Å². The quantitative estimate of drug-likeness (QED) is 0.750. The first-order chi connectivity index (χ1) is 9.97. The first-order valence-electron chi connectivity index (χ1n) is 6.47. The fraction of sp³-hybridized carbons (Fsp3) is 0.462. The third-order valence-electron chi connectivity index (χ3n) is 3.26. The lowest BCUT2D eigenvalue weighted by molar-refractivity contribution is 0.0600. The van der Waals surface area contributed by atoms with Crippen molar-refractivity contribution < 1.29 is 22.7 Å². The Morgan fingerprint density at radius 1 is 1.38 bits per heavy atom. The largest absolute Gasteiger partial charge is 0.495 e. The number of carbonyl (C=O) groups excluding carboxylic acids is 1. The van der Waals surface area contributed by atoms with Crippen LogP contribution in [0.3, 0.4) is 0 Å². The highest BCUT2D eigenvalue weighted by Gasteiger charge is 2.26. The van der Waals surface area contributed by atoms with Gasteiger partial charge in [-0.3, -0.25) is 0 Å². The molecule has 0 spiro atoms. The van der Waals surface area contributed by atoms with Crippen molar-refractivity contribution in [3.63, 3.8) is 0 Å². The Bertz CT molecular complexity index is 623. The molecule has 0 amide bonds. The fourth-order valence-electron chi connectivity index (χ4n) is 2.17. The highest BCUT2D eigenvalue weighted by atomic mass is 32.2. The zero-order valence-corrected chi connectivity index (χ0v) is 12.7. The molecule has 0 aromatic heterocycles. The van der Waals surface area contributed by atoms with Crippen molar-refractivity contribution in [2.75, 3.05) is 27.3 Å². The molecule has 1 unspecified atom stereocenters. The molecule has 1 fully saturated rings. The van der Waals surface area contributed by atoms with Crippen LogP contribution in [-0.2, 0) is 14.8 Å². The predicted octanol–water partition coefficient (Wildman–Crippen LogP) is 0.122. The summed E-state index contributed by atoms with van der Waals surface area (Å²) >= 11 is 0. The van der Waals surface area contributed by atoms with E-state index in [1.165, 1.54) is 32.4 Å². The van der Waals surface area contributed by atoms with Gasteiger partial charge < -0.3 is 14.8 Å².